The van der Waals surface area contributed by atoms with E-state index in [1.54, 1.807) is 0 Å². The molecule has 2 N–H and O–H groups in total. The molecule has 1 atom stereocenters. The predicted octanol–water partition coefficient (Wildman–Crippen LogP) is 3.28. The molecular weight excluding hydrogens is 248 g/mol. The molecule has 104 valence electrons. The summed E-state index contributed by atoms with van der Waals surface area (Å²) >= 11 is 0. The van der Waals surface area contributed by atoms with Crippen LogP contribution in [-0.2, 0) is 4.79 Å². The van der Waals surface area contributed by atoms with E-state index in [-0.39, 0.29) is 11.9 Å². The summed E-state index contributed by atoms with van der Waals surface area (Å²) in [6.07, 6.45) is 0. The Labute approximate surface area is 120 Å². The van der Waals surface area contributed by atoms with Gasteiger partial charge in [-0.1, -0.05) is 48.0 Å². The van der Waals surface area contributed by atoms with E-state index < -0.39 is 0 Å². The van der Waals surface area contributed by atoms with Crippen LogP contribution in [0.25, 0.3) is 0 Å². The van der Waals surface area contributed by atoms with Crippen LogP contribution in [0.3, 0.4) is 0 Å². The fraction of sp³-hybridized carbons (Fsp3) is 0.235. The molecule has 20 heavy (non-hydrogen) atoms. The minimum atomic E-state index is -0.0323. The Hall–Kier alpha value is -2.13. The molecular formula is C17H20N2O. The largest absolute Gasteiger partial charge is 0.325 e. The van der Waals surface area contributed by atoms with Crippen LogP contribution in [0.2, 0.25) is 0 Å². The van der Waals surface area contributed by atoms with Gasteiger partial charge in [0.2, 0.25) is 5.91 Å². The highest BCUT2D eigenvalue weighted by Crippen LogP contribution is 2.12. The SMILES string of the molecule is Cc1ccc(C(C)NCC(=O)Nc2ccccc2)cc1. The summed E-state index contributed by atoms with van der Waals surface area (Å²) in [5.41, 5.74) is 3.24. The molecule has 2 aromatic carbocycles. The molecule has 0 saturated heterocycles. The highest BCUT2D eigenvalue weighted by molar-refractivity contribution is 5.92. The third-order valence-electron chi connectivity index (χ3n) is 3.20. The van der Waals surface area contributed by atoms with Crippen molar-refractivity contribution < 1.29 is 4.79 Å². The zero-order valence-electron chi connectivity index (χ0n) is 11.9. The van der Waals surface area contributed by atoms with Crippen molar-refractivity contribution in [2.45, 2.75) is 19.9 Å². The molecule has 0 saturated carbocycles. The quantitative estimate of drug-likeness (QED) is 0.873. The van der Waals surface area contributed by atoms with Gasteiger partial charge in [0.1, 0.15) is 0 Å². The summed E-state index contributed by atoms with van der Waals surface area (Å²) in [7, 11) is 0. The minimum Gasteiger partial charge on any atom is -0.325 e. The highest BCUT2D eigenvalue weighted by Gasteiger charge is 2.07. The van der Waals surface area contributed by atoms with Crippen molar-refractivity contribution in [3.8, 4) is 0 Å². The molecule has 3 heteroatoms. The Bertz CT molecular complexity index is 549. The lowest BCUT2D eigenvalue weighted by Gasteiger charge is -2.14. The smallest absolute Gasteiger partial charge is 0.238 e. The molecule has 0 aliphatic carbocycles. The average molecular weight is 268 g/mol. The first-order chi connectivity index (χ1) is 9.65. The number of para-hydroxylation sites is 1. The second kappa shape index (κ2) is 6.87. The average Bonchev–Trinajstić information content (AvgIpc) is 2.46. The number of benzene rings is 2. The molecule has 0 bridgehead atoms. The van der Waals surface area contributed by atoms with E-state index in [1.807, 2.05) is 30.3 Å². The molecule has 1 unspecified atom stereocenters. The Kier molecular flexibility index (Phi) is 4.91. The fourth-order valence-electron chi connectivity index (χ4n) is 1.95. The van der Waals surface area contributed by atoms with E-state index in [0.717, 1.165) is 5.69 Å². The third kappa shape index (κ3) is 4.21. The lowest BCUT2D eigenvalue weighted by atomic mass is 10.1. The molecule has 2 aromatic rings. The second-order valence-electron chi connectivity index (χ2n) is 4.93. The van der Waals surface area contributed by atoms with Crippen molar-refractivity contribution >= 4 is 11.6 Å². The summed E-state index contributed by atoms with van der Waals surface area (Å²) in [6, 6.07) is 18.0. The Morgan fingerprint density at radius 1 is 1.05 bits per heavy atom. The molecule has 2 rings (SSSR count). The predicted molar refractivity (Wildman–Crippen MR) is 82.7 cm³/mol. The first-order valence-corrected chi connectivity index (χ1v) is 6.80. The first kappa shape index (κ1) is 14.3. The summed E-state index contributed by atoms with van der Waals surface area (Å²) in [5, 5.41) is 6.08. The monoisotopic (exact) mass is 268 g/mol. The Morgan fingerprint density at radius 2 is 1.70 bits per heavy atom. The van der Waals surface area contributed by atoms with E-state index in [2.05, 4.69) is 48.7 Å². The molecule has 0 fully saturated rings. The number of carbonyl (C=O) groups excluding carboxylic acids is 1. The number of hydrogen-bond acceptors (Lipinski definition) is 2. The molecule has 0 radical (unpaired) electrons. The number of amides is 1. The van der Waals surface area contributed by atoms with Gasteiger partial charge < -0.3 is 10.6 Å². The van der Waals surface area contributed by atoms with Crippen molar-refractivity contribution in [1.29, 1.82) is 0 Å². The number of rotatable bonds is 5. The number of aryl methyl sites for hydroxylation is 1. The van der Waals surface area contributed by atoms with E-state index in [4.69, 9.17) is 0 Å². The van der Waals surface area contributed by atoms with Crippen LogP contribution in [0.4, 0.5) is 5.69 Å². The van der Waals surface area contributed by atoms with E-state index >= 15 is 0 Å². The molecule has 0 heterocycles. The van der Waals surface area contributed by atoms with Gasteiger partial charge in [-0.3, -0.25) is 4.79 Å². The Balaban J connectivity index is 1.82. The zero-order chi connectivity index (χ0) is 14.4. The van der Waals surface area contributed by atoms with Crippen molar-refractivity contribution in [1.82, 2.24) is 5.32 Å². The van der Waals surface area contributed by atoms with Gasteiger partial charge in [-0.2, -0.15) is 0 Å². The van der Waals surface area contributed by atoms with Crippen LogP contribution in [0.15, 0.2) is 54.6 Å². The molecule has 0 aliphatic heterocycles. The van der Waals surface area contributed by atoms with Crippen molar-refractivity contribution in [3.05, 3.63) is 65.7 Å². The lowest BCUT2D eigenvalue weighted by Crippen LogP contribution is -2.30. The topological polar surface area (TPSA) is 41.1 Å². The summed E-state index contributed by atoms with van der Waals surface area (Å²) < 4.78 is 0. The van der Waals surface area contributed by atoms with Gasteiger partial charge in [-0.25, -0.2) is 0 Å². The molecule has 0 spiro atoms. The van der Waals surface area contributed by atoms with Crippen molar-refractivity contribution in [2.24, 2.45) is 0 Å². The molecule has 3 nitrogen and oxygen atoms in total. The van der Waals surface area contributed by atoms with Gasteiger partial charge in [-0.05, 0) is 31.5 Å². The fourth-order valence-corrected chi connectivity index (χ4v) is 1.95. The van der Waals surface area contributed by atoms with Crippen LogP contribution < -0.4 is 10.6 Å². The number of hydrogen-bond donors (Lipinski definition) is 2. The second-order valence-corrected chi connectivity index (χ2v) is 4.93. The normalized spacial score (nSPS) is 11.9. The zero-order valence-corrected chi connectivity index (χ0v) is 11.9. The molecule has 0 aromatic heterocycles. The standard InChI is InChI=1S/C17H20N2O/c1-13-8-10-15(11-9-13)14(2)18-12-17(20)19-16-6-4-3-5-7-16/h3-11,14,18H,12H2,1-2H3,(H,19,20). The molecule has 0 aliphatic rings. The highest BCUT2D eigenvalue weighted by atomic mass is 16.1. The van der Waals surface area contributed by atoms with Gasteiger partial charge in [0, 0.05) is 11.7 Å². The van der Waals surface area contributed by atoms with Crippen LogP contribution in [0, 0.1) is 6.92 Å². The summed E-state index contributed by atoms with van der Waals surface area (Å²) in [5.74, 6) is -0.0323. The Morgan fingerprint density at radius 3 is 2.35 bits per heavy atom. The van der Waals surface area contributed by atoms with Crippen LogP contribution in [0.5, 0.6) is 0 Å². The molecule has 1 amide bonds. The first-order valence-electron chi connectivity index (χ1n) is 6.80. The van der Waals surface area contributed by atoms with Crippen LogP contribution in [0.1, 0.15) is 24.1 Å². The van der Waals surface area contributed by atoms with E-state index in [1.165, 1.54) is 11.1 Å². The van der Waals surface area contributed by atoms with Gasteiger partial charge in [-0.15, -0.1) is 0 Å². The number of nitrogens with one attached hydrogen (secondary N) is 2. The van der Waals surface area contributed by atoms with E-state index in [0.29, 0.717) is 6.54 Å². The number of carbonyl (C=O) groups is 1. The van der Waals surface area contributed by atoms with Crippen LogP contribution in [-0.4, -0.2) is 12.5 Å². The van der Waals surface area contributed by atoms with E-state index in [9.17, 15) is 4.79 Å². The maximum absolute atomic E-state index is 11.8. The van der Waals surface area contributed by atoms with Crippen LogP contribution >= 0.6 is 0 Å². The summed E-state index contributed by atoms with van der Waals surface area (Å²) in [4.78, 5) is 11.8. The summed E-state index contributed by atoms with van der Waals surface area (Å²) in [6.45, 7) is 4.42. The van der Waals surface area contributed by atoms with Gasteiger partial charge in [0.25, 0.3) is 0 Å². The third-order valence-corrected chi connectivity index (χ3v) is 3.20. The van der Waals surface area contributed by atoms with Gasteiger partial charge in [0.15, 0.2) is 0 Å². The van der Waals surface area contributed by atoms with Gasteiger partial charge >= 0.3 is 0 Å². The maximum Gasteiger partial charge on any atom is 0.238 e. The van der Waals surface area contributed by atoms with Crippen molar-refractivity contribution in [3.63, 3.8) is 0 Å². The number of anilines is 1. The lowest BCUT2D eigenvalue weighted by molar-refractivity contribution is -0.115. The van der Waals surface area contributed by atoms with Crippen molar-refractivity contribution in [2.75, 3.05) is 11.9 Å². The minimum absolute atomic E-state index is 0.0323. The maximum atomic E-state index is 11.8. The van der Waals surface area contributed by atoms with Gasteiger partial charge in [0.05, 0.1) is 6.54 Å².